The Morgan fingerprint density at radius 3 is 2.76 bits per heavy atom. The molecule has 0 fully saturated rings. The Kier molecular flexibility index (Phi) is 4.77. The molecule has 0 unspecified atom stereocenters. The molecule has 0 radical (unpaired) electrons. The standard InChI is InChI=1S/C25H18N8O/c34-23(9-15-5-8-27-28-13-15)22-11-16-1-2-17(12-21(16)31-22)25-26-7-6-24(32-25)30-19-3-4-20-18(10-19)14-29-33-20/h1-8,10-14,31H,9H2,(H,29,33)(H,26,30,32). The van der Waals surface area contributed by atoms with E-state index < -0.39 is 0 Å². The average molecular weight is 446 g/mol. The first-order chi connectivity index (χ1) is 16.7. The van der Waals surface area contributed by atoms with Gasteiger partial charge in [-0.05, 0) is 48.0 Å². The van der Waals surface area contributed by atoms with Gasteiger partial charge in [0, 0.05) is 46.4 Å². The van der Waals surface area contributed by atoms with E-state index in [2.05, 4.69) is 40.7 Å². The van der Waals surface area contributed by atoms with Crippen LogP contribution in [0, 0.1) is 0 Å². The third kappa shape index (κ3) is 3.86. The zero-order valence-electron chi connectivity index (χ0n) is 17.9. The van der Waals surface area contributed by atoms with Crippen LogP contribution in [0.5, 0.6) is 0 Å². The second-order valence-corrected chi connectivity index (χ2v) is 7.90. The van der Waals surface area contributed by atoms with Crippen LogP contribution in [0.2, 0.25) is 0 Å². The van der Waals surface area contributed by atoms with Crippen molar-refractivity contribution in [2.45, 2.75) is 6.42 Å². The van der Waals surface area contributed by atoms with Crippen LogP contribution in [0.15, 0.2) is 79.4 Å². The van der Waals surface area contributed by atoms with Gasteiger partial charge in [0.1, 0.15) is 5.82 Å². The monoisotopic (exact) mass is 446 g/mol. The van der Waals surface area contributed by atoms with Crippen molar-refractivity contribution < 1.29 is 4.79 Å². The van der Waals surface area contributed by atoms with Crippen LogP contribution in [0.4, 0.5) is 11.5 Å². The number of benzene rings is 2. The summed E-state index contributed by atoms with van der Waals surface area (Å²) in [5, 5.41) is 19.9. The van der Waals surface area contributed by atoms with Crippen LogP contribution < -0.4 is 5.32 Å². The lowest BCUT2D eigenvalue weighted by Gasteiger charge is -2.07. The lowest BCUT2D eigenvalue weighted by molar-refractivity contribution is 0.0989. The molecule has 0 atom stereocenters. The number of aromatic amines is 2. The number of rotatable bonds is 6. The van der Waals surface area contributed by atoms with Gasteiger partial charge in [-0.3, -0.25) is 9.89 Å². The van der Waals surface area contributed by atoms with Crippen LogP contribution in [0.1, 0.15) is 16.1 Å². The summed E-state index contributed by atoms with van der Waals surface area (Å²) >= 11 is 0. The highest BCUT2D eigenvalue weighted by atomic mass is 16.1. The lowest BCUT2D eigenvalue weighted by atomic mass is 10.1. The van der Waals surface area contributed by atoms with Gasteiger partial charge in [-0.15, -0.1) is 0 Å². The van der Waals surface area contributed by atoms with E-state index in [1.54, 1.807) is 30.9 Å². The summed E-state index contributed by atoms with van der Waals surface area (Å²) in [6.07, 6.45) is 6.95. The van der Waals surface area contributed by atoms with Gasteiger partial charge in [0.05, 0.1) is 23.6 Å². The Bertz CT molecular complexity index is 1640. The molecule has 6 rings (SSSR count). The fourth-order valence-electron chi connectivity index (χ4n) is 3.86. The van der Waals surface area contributed by atoms with Crippen molar-refractivity contribution in [1.82, 2.24) is 35.3 Å². The van der Waals surface area contributed by atoms with Gasteiger partial charge in [0.25, 0.3) is 0 Å². The van der Waals surface area contributed by atoms with Crippen molar-refractivity contribution in [1.29, 1.82) is 0 Å². The first kappa shape index (κ1) is 19.7. The summed E-state index contributed by atoms with van der Waals surface area (Å²) in [5.74, 6) is 1.26. The summed E-state index contributed by atoms with van der Waals surface area (Å²) in [6.45, 7) is 0. The molecule has 4 heterocycles. The highest BCUT2D eigenvalue weighted by Gasteiger charge is 2.12. The third-order valence-electron chi connectivity index (χ3n) is 5.56. The smallest absolute Gasteiger partial charge is 0.183 e. The molecule has 0 saturated carbocycles. The van der Waals surface area contributed by atoms with Gasteiger partial charge >= 0.3 is 0 Å². The van der Waals surface area contributed by atoms with Gasteiger partial charge in [0.15, 0.2) is 11.6 Å². The largest absolute Gasteiger partial charge is 0.352 e. The predicted octanol–water partition coefficient (Wildman–Crippen LogP) is 4.46. The maximum atomic E-state index is 12.7. The normalized spacial score (nSPS) is 11.2. The van der Waals surface area contributed by atoms with Gasteiger partial charge in [-0.25, -0.2) is 9.97 Å². The van der Waals surface area contributed by atoms with Crippen molar-refractivity contribution >= 4 is 39.1 Å². The van der Waals surface area contributed by atoms with E-state index in [-0.39, 0.29) is 12.2 Å². The van der Waals surface area contributed by atoms with E-state index in [4.69, 9.17) is 0 Å². The summed E-state index contributed by atoms with van der Waals surface area (Å²) in [4.78, 5) is 25.0. The molecule has 9 nitrogen and oxygen atoms in total. The molecule has 6 aromatic rings. The first-order valence-corrected chi connectivity index (χ1v) is 10.7. The molecule has 3 N–H and O–H groups in total. The molecule has 0 aliphatic rings. The summed E-state index contributed by atoms with van der Waals surface area (Å²) in [7, 11) is 0. The third-order valence-corrected chi connectivity index (χ3v) is 5.56. The van der Waals surface area contributed by atoms with Crippen LogP contribution >= 0.6 is 0 Å². The number of carbonyl (C=O) groups is 1. The number of aromatic nitrogens is 7. The van der Waals surface area contributed by atoms with Gasteiger partial charge in [-0.2, -0.15) is 15.3 Å². The molecule has 4 aromatic heterocycles. The van der Waals surface area contributed by atoms with Crippen molar-refractivity contribution in [3.63, 3.8) is 0 Å². The predicted molar refractivity (Wildman–Crippen MR) is 129 cm³/mol. The molecule has 0 bridgehead atoms. The van der Waals surface area contributed by atoms with Gasteiger partial charge in [-0.1, -0.05) is 12.1 Å². The van der Waals surface area contributed by atoms with E-state index in [0.717, 1.165) is 38.6 Å². The zero-order chi connectivity index (χ0) is 22.9. The fraction of sp³-hybridized carbons (Fsp3) is 0.0400. The fourth-order valence-corrected chi connectivity index (χ4v) is 3.86. The van der Waals surface area contributed by atoms with Crippen molar-refractivity contribution in [2.24, 2.45) is 0 Å². The topological polar surface area (TPSA) is 125 Å². The Morgan fingerprint density at radius 2 is 1.85 bits per heavy atom. The van der Waals surface area contributed by atoms with Crippen LogP contribution in [0.3, 0.4) is 0 Å². The van der Waals surface area contributed by atoms with Crippen LogP contribution in [0.25, 0.3) is 33.2 Å². The molecule has 0 spiro atoms. The minimum Gasteiger partial charge on any atom is -0.352 e. The molecule has 0 aliphatic heterocycles. The number of Topliss-reactive ketones (excluding diaryl/α,β-unsaturated/α-hetero) is 1. The van der Waals surface area contributed by atoms with Crippen molar-refractivity contribution in [2.75, 3.05) is 5.32 Å². The number of carbonyl (C=O) groups excluding carboxylic acids is 1. The number of nitrogens with one attached hydrogen (secondary N) is 3. The van der Waals surface area contributed by atoms with Crippen LogP contribution in [-0.4, -0.2) is 41.1 Å². The first-order valence-electron chi connectivity index (χ1n) is 10.7. The Morgan fingerprint density at radius 1 is 0.882 bits per heavy atom. The number of H-pyrrole nitrogens is 2. The Labute approximate surface area is 193 Å². The maximum Gasteiger partial charge on any atom is 0.183 e. The molecule has 0 saturated heterocycles. The molecule has 9 heteroatoms. The zero-order valence-corrected chi connectivity index (χ0v) is 17.9. The minimum atomic E-state index is -0.0113. The Hall–Kier alpha value is -4.92. The summed E-state index contributed by atoms with van der Waals surface area (Å²) < 4.78 is 0. The number of ketones is 1. The van der Waals surface area contributed by atoms with Gasteiger partial charge in [0.2, 0.25) is 0 Å². The van der Waals surface area contributed by atoms with E-state index in [9.17, 15) is 4.79 Å². The van der Waals surface area contributed by atoms with E-state index >= 15 is 0 Å². The van der Waals surface area contributed by atoms with E-state index in [1.807, 2.05) is 48.5 Å². The van der Waals surface area contributed by atoms with Crippen molar-refractivity contribution in [3.05, 3.63) is 90.6 Å². The summed E-state index contributed by atoms with van der Waals surface area (Å²) in [5.41, 5.74) is 4.95. The number of fused-ring (bicyclic) bond motifs is 2. The molecular weight excluding hydrogens is 428 g/mol. The van der Waals surface area contributed by atoms with E-state index in [0.29, 0.717) is 17.3 Å². The number of nitrogens with zero attached hydrogens (tertiary/aromatic N) is 5. The number of hydrogen-bond donors (Lipinski definition) is 3. The molecule has 164 valence electrons. The number of anilines is 2. The average Bonchev–Trinajstić information content (AvgIpc) is 3.51. The quantitative estimate of drug-likeness (QED) is 0.323. The highest BCUT2D eigenvalue weighted by Crippen LogP contribution is 2.25. The SMILES string of the molecule is O=C(Cc1ccnnc1)c1cc2ccc(-c3nccc(Nc4ccc5[nH]ncc5c4)n3)cc2[nH]1. The lowest BCUT2D eigenvalue weighted by Crippen LogP contribution is -2.04. The van der Waals surface area contributed by atoms with Gasteiger partial charge < -0.3 is 10.3 Å². The molecule has 2 aromatic carbocycles. The molecule has 0 aliphatic carbocycles. The highest BCUT2D eigenvalue weighted by molar-refractivity contribution is 6.01. The second-order valence-electron chi connectivity index (χ2n) is 7.90. The maximum absolute atomic E-state index is 12.7. The Balaban J connectivity index is 1.25. The second kappa shape index (κ2) is 8.21. The molecule has 0 amide bonds. The van der Waals surface area contributed by atoms with Crippen LogP contribution in [-0.2, 0) is 6.42 Å². The molecule has 34 heavy (non-hydrogen) atoms. The number of hydrogen-bond acceptors (Lipinski definition) is 7. The minimum absolute atomic E-state index is 0.0113. The van der Waals surface area contributed by atoms with Crippen molar-refractivity contribution in [3.8, 4) is 11.4 Å². The molecular formula is C25H18N8O. The summed E-state index contributed by atoms with van der Waals surface area (Å²) in [6, 6.07) is 17.3. The van der Waals surface area contributed by atoms with E-state index in [1.165, 1.54) is 0 Å².